The van der Waals surface area contributed by atoms with E-state index in [1.807, 2.05) is 13.8 Å². The number of carbonyl (C=O) groups excluding carboxylic acids is 2. The first-order valence-corrected chi connectivity index (χ1v) is 9.35. The predicted molar refractivity (Wildman–Crippen MR) is 105 cm³/mol. The summed E-state index contributed by atoms with van der Waals surface area (Å²) in [5.74, 6) is -1.17. The Morgan fingerprint density at radius 1 is 1.28 bits per heavy atom. The van der Waals surface area contributed by atoms with Gasteiger partial charge in [-0.05, 0) is 38.8 Å². The van der Waals surface area contributed by atoms with Gasteiger partial charge in [-0.15, -0.1) is 0 Å². The highest BCUT2D eigenvalue weighted by Gasteiger charge is 2.28. The number of aliphatic hydroxyl groups is 1. The fraction of sp³-hybridized carbons (Fsp3) is 0.400. The summed E-state index contributed by atoms with van der Waals surface area (Å²) in [5.41, 5.74) is 2.31. The molecule has 1 fully saturated rings. The van der Waals surface area contributed by atoms with Gasteiger partial charge in [0.25, 0.3) is 5.69 Å². The number of ketones is 1. The standard InChI is InChI=1S/C20H23N3O6/c1-12-9-16(13(2)22(12)14-3-4-14)19(25)11-29-20(26)17-10-15(23(27)28)5-6-18(17)21-7-8-24/h5-6,9-10,14,21,24H,3-4,7-8,11H2,1-2H3. The number of hydrogen-bond acceptors (Lipinski definition) is 7. The highest BCUT2D eigenvalue weighted by atomic mass is 16.6. The number of aliphatic hydroxyl groups excluding tert-OH is 1. The second kappa shape index (κ2) is 8.44. The molecular formula is C20H23N3O6. The maximum atomic E-state index is 12.6. The van der Waals surface area contributed by atoms with E-state index < -0.39 is 17.5 Å². The Morgan fingerprint density at radius 3 is 2.62 bits per heavy atom. The van der Waals surface area contributed by atoms with Crippen molar-refractivity contribution in [1.82, 2.24) is 4.57 Å². The number of benzene rings is 1. The summed E-state index contributed by atoms with van der Waals surface area (Å²) >= 11 is 0. The van der Waals surface area contributed by atoms with Crippen molar-refractivity contribution in [3.63, 3.8) is 0 Å². The van der Waals surface area contributed by atoms with Gasteiger partial charge in [0, 0.05) is 47.4 Å². The Balaban J connectivity index is 1.74. The summed E-state index contributed by atoms with van der Waals surface area (Å²) in [4.78, 5) is 35.5. The molecule has 1 saturated carbocycles. The molecule has 0 bridgehead atoms. The fourth-order valence-electron chi connectivity index (χ4n) is 3.40. The largest absolute Gasteiger partial charge is 0.454 e. The third-order valence-electron chi connectivity index (χ3n) is 4.89. The van der Waals surface area contributed by atoms with Crippen LogP contribution in [0.15, 0.2) is 24.3 Å². The Morgan fingerprint density at radius 2 is 2.00 bits per heavy atom. The van der Waals surface area contributed by atoms with Crippen molar-refractivity contribution in [1.29, 1.82) is 0 Å². The number of nitro benzene ring substituents is 1. The van der Waals surface area contributed by atoms with Crippen LogP contribution in [0.4, 0.5) is 11.4 Å². The number of aryl methyl sites for hydroxylation is 1. The van der Waals surface area contributed by atoms with Crippen molar-refractivity contribution in [2.24, 2.45) is 0 Å². The van der Waals surface area contributed by atoms with Crippen LogP contribution < -0.4 is 5.32 Å². The molecule has 0 atom stereocenters. The lowest BCUT2D eigenvalue weighted by Crippen LogP contribution is -2.17. The molecule has 29 heavy (non-hydrogen) atoms. The van der Waals surface area contributed by atoms with Gasteiger partial charge in [-0.25, -0.2) is 4.79 Å². The molecule has 0 radical (unpaired) electrons. The second-order valence-electron chi connectivity index (χ2n) is 7.02. The van der Waals surface area contributed by atoms with Crippen LogP contribution in [-0.4, -0.2) is 46.1 Å². The number of nitrogens with one attached hydrogen (secondary N) is 1. The number of non-ortho nitro benzene ring substituents is 1. The van der Waals surface area contributed by atoms with Gasteiger partial charge in [-0.3, -0.25) is 14.9 Å². The van der Waals surface area contributed by atoms with Gasteiger partial charge in [0.05, 0.1) is 17.1 Å². The van der Waals surface area contributed by atoms with Crippen LogP contribution in [0.3, 0.4) is 0 Å². The normalized spacial score (nSPS) is 13.2. The lowest BCUT2D eigenvalue weighted by Gasteiger charge is -2.11. The van der Waals surface area contributed by atoms with Crippen LogP contribution in [0.25, 0.3) is 0 Å². The van der Waals surface area contributed by atoms with E-state index in [2.05, 4.69) is 9.88 Å². The summed E-state index contributed by atoms with van der Waals surface area (Å²) in [6.07, 6.45) is 2.19. The molecule has 0 aliphatic heterocycles. The first-order valence-electron chi connectivity index (χ1n) is 9.35. The van der Waals surface area contributed by atoms with Crippen LogP contribution >= 0.6 is 0 Å². The van der Waals surface area contributed by atoms with Crippen LogP contribution in [0.2, 0.25) is 0 Å². The van der Waals surface area contributed by atoms with E-state index in [4.69, 9.17) is 9.84 Å². The molecule has 154 valence electrons. The lowest BCUT2D eigenvalue weighted by atomic mass is 10.1. The smallest absolute Gasteiger partial charge is 0.340 e. The van der Waals surface area contributed by atoms with Crippen molar-refractivity contribution in [2.45, 2.75) is 32.7 Å². The molecule has 1 heterocycles. The molecule has 9 nitrogen and oxygen atoms in total. The third-order valence-corrected chi connectivity index (χ3v) is 4.89. The fourth-order valence-corrected chi connectivity index (χ4v) is 3.40. The Kier molecular flexibility index (Phi) is 5.97. The number of hydrogen-bond donors (Lipinski definition) is 2. The molecule has 0 amide bonds. The molecule has 0 spiro atoms. The monoisotopic (exact) mass is 401 g/mol. The Hall–Kier alpha value is -3.20. The number of esters is 1. The highest BCUT2D eigenvalue weighted by Crippen LogP contribution is 2.38. The third kappa shape index (κ3) is 4.45. The molecule has 1 aromatic heterocycles. The maximum Gasteiger partial charge on any atom is 0.340 e. The van der Waals surface area contributed by atoms with E-state index in [1.165, 1.54) is 12.1 Å². The average Bonchev–Trinajstić information content (AvgIpc) is 3.48. The lowest BCUT2D eigenvalue weighted by molar-refractivity contribution is -0.384. The summed E-state index contributed by atoms with van der Waals surface area (Å²) in [6, 6.07) is 5.94. The van der Waals surface area contributed by atoms with Crippen LogP contribution in [0.5, 0.6) is 0 Å². The van der Waals surface area contributed by atoms with Crippen molar-refractivity contribution in [3.05, 3.63) is 56.9 Å². The van der Waals surface area contributed by atoms with Crippen LogP contribution in [-0.2, 0) is 4.74 Å². The van der Waals surface area contributed by atoms with E-state index in [1.54, 1.807) is 6.07 Å². The summed E-state index contributed by atoms with van der Waals surface area (Å²) in [5, 5.41) is 22.8. The second-order valence-corrected chi connectivity index (χ2v) is 7.02. The molecule has 2 aromatic rings. The van der Waals surface area contributed by atoms with Gasteiger partial charge in [0.1, 0.15) is 0 Å². The van der Waals surface area contributed by atoms with Crippen LogP contribution in [0, 0.1) is 24.0 Å². The maximum absolute atomic E-state index is 12.6. The molecule has 2 N–H and O–H groups in total. The molecule has 1 aliphatic carbocycles. The number of ether oxygens (including phenoxy) is 1. The number of aromatic nitrogens is 1. The van der Waals surface area contributed by atoms with Gasteiger partial charge in [-0.2, -0.15) is 0 Å². The molecule has 0 saturated heterocycles. The number of Topliss-reactive ketones (excluding diaryl/α,β-unsaturated/α-hetero) is 1. The molecule has 1 aromatic carbocycles. The van der Waals surface area contributed by atoms with E-state index >= 15 is 0 Å². The minimum atomic E-state index is -0.849. The Labute approximate surface area is 167 Å². The molecule has 1 aliphatic rings. The van der Waals surface area contributed by atoms with Crippen molar-refractivity contribution in [2.75, 3.05) is 25.1 Å². The molecule has 3 rings (SSSR count). The number of nitrogens with zero attached hydrogens (tertiary/aromatic N) is 2. The van der Waals surface area contributed by atoms with Gasteiger partial charge >= 0.3 is 5.97 Å². The average molecular weight is 401 g/mol. The molecular weight excluding hydrogens is 378 g/mol. The van der Waals surface area contributed by atoms with Gasteiger partial charge < -0.3 is 19.7 Å². The van der Waals surface area contributed by atoms with Crippen molar-refractivity contribution in [3.8, 4) is 0 Å². The zero-order valence-corrected chi connectivity index (χ0v) is 16.3. The number of anilines is 1. The quantitative estimate of drug-likeness (QED) is 0.286. The summed E-state index contributed by atoms with van der Waals surface area (Å²) < 4.78 is 7.29. The summed E-state index contributed by atoms with van der Waals surface area (Å²) in [6.45, 7) is 3.33. The first-order chi connectivity index (χ1) is 13.8. The minimum absolute atomic E-state index is 0.0658. The van der Waals surface area contributed by atoms with Gasteiger partial charge in [0.2, 0.25) is 5.78 Å². The van der Waals surface area contributed by atoms with Gasteiger partial charge in [0.15, 0.2) is 6.61 Å². The Bertz CT molecular complexity index is 961. The molecule has 9 heteroatoms. The first kappa shape index (κ1) is 20.5. The number of nitro groups is 1. The van der Waals surface area contributed by atoms with Crippen LogP contribution in [0.1, 0.15) is 51.0 Å². The highest BCUT2D eigenvalue weighted by molar-refractivity contribution is 6.02. The van der Waals surface area contributed by atoms with Gasteiger partial charge in [-0.1, -0.05) is 0 Å². The summed E-state index contributed by atoms with van der Waals surface area (Å²) in [7, 11) is 0. The number of rotatable bonds is 9. The zero-order chi connectivity index (χ0) is 21.1. The van der Waals surface area contributed by atoms with E-state index in [0.717, 1.165) is 30.3 Å². The van der Waals surface area contributed by atoms with Crippen molar-refractivity contribution >= 4 is 23.1 Å². The van der Waals surface area contributed by atoms with E-state index in [9.17, 15) is 19.7 Å². The topological polar surface area (TPSA) is 124 Å². The SMILES string of the molecule is Cc1cc(C(=O)COC(=O)c2cc([N+](=O)[O-])ccc2NCCO)c(C)n1C1CC1. The number of carbonyl (C=O) groups is 2. The minimum Gasteiger partial charge on any atom is -0.454 e. The van der Waals surface area contributed by atoms with Crippen molar-refractivity contribution < 1.29 is 24.4 Å². The van der Waals surface area contributed by atoms with E-state index in [0.29, 0.717) is 11.6 Å². The zero-order valence-electron chi connectivity index (χ0n) is 16.3. The van der Waals surface area contributed by atoms with E-state index in [-0.39, 0.29) is 35.9 Å². The molecule has 0 unspecified atom stereocenters. The predicted octanol–water partition coefficient (Wildman–Crippen LogP) is 2.79.